The summed E-state index contributed by atoms with van der Waals surface area (Å²) in [5.74, 6) is -0.317. The van der Waals surface area contributed by atoms with Gasteiger partial charge in [0.1, 0.15) is 0 Å². The van der Waals surface area contributed by atoms with Crippen LogP contribution in [0.5, 0.6) is 0 Å². The standard InChI is InChI=1S/C12H14O4/c1-2-14-11(13)9-4-3-5-10(8-9)12-15-6-7-16-12/h3-5,8,12H,2,6-7H2,1H3. The minimum absolute atomic E-state index is 0.317. The van der Waals surface area contributed by atoms with E-state index in [1.807, 2.05) is 6.07 Å². The molecule has 1 aliphatic rings. The molecule has 0 aromatic heterocycles. The average Bonchev–Trinajstić information content (AvgIpc) is 2.83. The number of ether oxygens (including phenoxy) is 3. The van der Waals surface area contributed by atoms with Crippen LogP contribution >= 0.6 is 0 Å². The Morgan fingerprint density at radius 2 is 2.19 bits per heavy atom. The Labute approximate surface area is 94.1 Å². The van der Waals surface area contributed by atoms with E-state index < -0.39 is 0 Å². The minimum Gasteiger partial charge on any atom is -0.462 e. The van der Waals surface area contributed by atoms with E-state index in [4.69, 9.17) is 14.2 Å². The SMILES string of the molecule is CCOC(=O)c1cccc(C2OCCO2)c1. The molecular formula is C12H14O4. The van der Waals surface area contributed by atoms with Crippen LogP contribution in [0, 0.1) is 0 Å². The van der Waals surface area contributed by atoms with Crippen molar-refractivity contribution in [2.24, 2.45) is 0 Å². The number of hydrogen-bond donors (Lipinski definition) is 0. The first-order chi connectivity index (χ1) is 7.81. The molecule has 0 N–H and O–H groups in total. The van der Waals surface area contributed by atoms with Crippen molar-refractivity contribution < 1.29 is 19.0 Å². The van der Waals surface area contributed by atoms with E-state index >= 15 is 0 Å². The Bertz CT molecular complexity index is 369. The monoisotopic (exact) mass is 222 g/mol. The zero-order valence-electron chi connectivity index (χ0n) is 9.14. The van der Waals surface area contributed by atoms with Gasteiger partial charge >= 0.3 is 5.97 Å². The lowest BCUT2D eigenvalue weighted by Gasteiger charge is -2.10. The summed E-state index contributed by atoms with van der Waals surface area (Å²) in [7, 11) is 0. The average molecular weight is 222 g/mol. The molecule has 0 spiro atoms. The fourth-order valence-corrected chi connectivity index (χ4v) is 1.58. The zero-order chi connectivity index (χ0) is 11.4. The number of carbonyl (C=O) groups is 1. The van der Waals surface area contributed by atoms with Crippen LogP contribution in [0.1, 0.15) is 29.1 Å². The van der Waals surface area contributed by atoms with Gasteiger partial charge in [-0.25, -0.2) is 4.79 Å². The highest BCUT2D eigenvalue weighted by molar-refractivity contribution is 5.89. The Morgan fingerprint density at radius 3 is 2.88 bits per heavy atom. The molecule has 16 heavy (non-hydrogen) atoms. The summed E-state index contributed by atoms with van der Waals surface area (Å²) in [6.45, 7) is 3.34. The first-order valence-electron chi connectivity index (χ1n) is 5.31. The van der Waals surface area contributed by atoms with Gasteiger partial charge in [-0.2, -0.15) is 0 Å². The highest BCUT2D eigenvalue weighted by atomic mass is 16.7. The maximum absolute atomic E-state index is 11.5. The first-order valence-corrected chi connectivity index (χ1v) is 5.31. The van der Waals surface area contributed by atoms with E-state index in [-0.39, 0.29) is 12.3 Å². The van der Waals surface area contributed by atoms with Crippen molar-refractivity contribution in [2.75, 3.05) is 19.8 Å². The second kappa shape index (κ2) is 5.09. The van der Waals surface area contributed by atoms with Crippen LogP contribution in [-0.2, 0) is 14.2 Å². The molecule has 1 saturated heterocycles. The molecule has 0 amide bonds. The van der Waals surface area contributed by atoms with E-state index in [1.165, 1.54) is 0 Å². The van der Waals surface area contributed by atoms with Crippen molar-refractivity contribution in [2.45, 2.75) is 13.2 Å². The number of carbonyl (C=O) groups excluding carboxylic acids is 1. The smallest absolute Gasteiger partial charge is 0.338 e. The lowest BCUT2D eigenvalue weighted by molar-refractivity contribution is -0.0441. The Hall–Kier alpha value is -1.39. The number of rotatable bonds is 3. The van der Waals surface area contributed by atoms with Crippen LogP contribution in [0.2, 0.25) is 0 Å². The highest BCUT2D eigenvalue weighted by Crippen LogP contribution is 2.23. The van der Waals surface area contributed by atoms with Gasteiger partial charge in [-0.05, 0) is 19.1 Å². The third-order valence-electron chi connectivity index (χ3n) is 2.29. The largest absolute Gasteiger partial charge is 0.462 e. The lowest BCUT2D eigenvalue weighted by Crippen LogP contribution is -2.06. The van der Waals surface area contributed by atoms with Gasteiger partial charge in [0, 0.05) is 5.56 Å². The van der Waals surface area contributed by atoms with Crippen molar-refractivity contribution in [1.29, 1.82) is 0 Å². The highest BCUT2D eigenvalue weighted by Gasteiger charge is 2.19. The summed E-state index contributed by atoms with van der Waals surface area (Å²) in [5.41, 5.74) is 1.38. The lowest BCUT2D eigenvalue weighted by atomic mass is 10.1. The molecule has 0 radical (unpaired) electrons. The quantitative estimate of drug-likeness (QED) is 0.733. The van der Waals surface area contributed by atoms with Crippen LogP contribution < -0.4 is 0 Å². The Kier molecular flexibility index (Phi) is 3.54. The second-order valence-electron chi connectivity index (χ2n) is 3.42. The molecule has 0 atom stereocenters. The van der Waals surface area contributed by atoms with E-state index in [9.17, 15) is 4.79 Å². The third-order valence-corrected chi connectivity index (χ3v) is 2.29. The molecule has 0 aliphatic carbocycles. The van der Waals surface area contributed by atoms with Gasteiger partial charge in [0.2, 0.25) is 0 Å². The zero-order valence-corrected chi connectivity index (χ0v) is 9.14. The number of benzene rings is 1. The topological polar surface area (TPSA) is 44.8 Å². The van der Waals surface area contributed by atoms with Crippen molar-refractivity contribution >= 4 is 5.97 Å². The van der Waals surface area contributed by atoms with E-state index in [1.54, 1.807) is 25.1 Å². The molecule has 0 bridgehead atoms. The predicted molar refractivity (Wildman–Crippen MR) is 57.0 cm³/mol. The third kappa shape index (κ3) is 2.40. The molecular weight excluding hydrogens is 208 g/mol. The van der Waals surface area contributed by atoms with Gasteiger partial charge in [-0.15, -0.1) is 0 Å². The minimum atomic E-state index is -0.352. The summed E-state index contributed by atoms with van der Waals surface area (Å²) < 4.78 is 15.6. The summed E-state index contributed by atoms with van der Waals surface area (Å²) >= 11 is 0. The molecule has 2 rings (SSSR count). The Balaban J connectivity index is 2.15. The van der Waals surface area contributed by atoms with Gasteiger partial charge < -0.3 is 14.2 Å². The molecule has 1 aliphatic heterocycles. The van der Waals surface area contributed by atoms with Crippen molar-refractivity contribution in [1.82, 2.24) is 0 Å². The molecule has 0 saturated carbocycles. The van der Waals surface area contributed by atoms with Crippen molar-refractivity contribution in [3.05, 3.63) is 35.4 Å². The van der Waals surface area contributed by atoms with Crippen LogP contribution in [-0.4, -0.2) is 25.8 Å². The molecule has 4 nitrogen and oxygen atoms in total. The number of esters is 1. The van der Waals surface area contributed by atoms with Crippen LogP contribution in [0.25, 0.3) is 0 Å². The van der Waals surface area contributed by atoms with Crippen molar-refractivity contribution in [3.63, 3.8) is 0 Å². The van der Waals surface area contributed by atoms with E-state index in [0.717, 1.165) is 5.56 Å². The van der Waals surface area contributed by atoms with E-state index in [0.29, 0.717) is 25.4 Å². The summed E-state index contributed by atoms with van der Waals surface area (Å²) in [6, 6.07) is 7.13. The van der Waals surface area contributed by atoms with Crippen LogP contribution in [0.3, 0.4) is 0 Å². The summed E-state index contributed by atoms with van der Waals surface area (Å²) in [4.78, 5) is 11.5. The summed E-state index contributed by atoms with van der Waals surface area (Å²) in [6.07, 6.45) is -0.352. The normalized spacial score (nSPS) is 16.3. The molecule has 86 valence electrons. The molecule has 1 aromatic rings. The van der Waals surface area contributed by atoms with Gasteiger partial charge in [0.05, 0.1) is 25.4 Å². The fraction of sp³-hybridized carbons (Fsp3) is 0.417. The maximum atomic E-state index is 11.5. The second-order valence-corrected chi connectivity index (χ2v) is 3.42. The van der Waals surface area contributed by atoms with Gasteiger partial charge in [-0.3, -0.25) is 0 Å². The fourth-order valence-electron chi connectivity index (χ4n) is 1.58. The molecule has 4 heteroatoms. The predicted octanol–water partition coefficient (Wildman–Crippen LogP) is 1.91. The first kappa shape index (κ1) is 11.1. The molecule has 1 aromatic carbocycles. The molecule has 1 fully saturated rings. The van der Waals surface area contributed by atoms with Gasteiger partial charge in [0.15, 0.2) is 6.29 Å². The maximum Gasteiger partial charge on any atom is 0.338 e. The van der Waals surface area contributed by atoms with Crippen LogP contribution in [0.15, 0.2) is 24.3 Å². The van der Waals surface area contributed by atoms with Gasteiger partial charge in [-0.1, -0.05) is 12.1 Å². The van der Waals surface area contributed by atoms with Crippen LogP contribution in [0.4, 0.5) is 0 Å². The molecule has 0 unspecified atom stereocenters. The Morgan fingerprint density at radius 1 is 1.44 bits per heavy atom. The number of hydrogen-bond acceptors (Lipinski definition) is 4. The van der Waals surface area contributed by atoms with Crippen molar-refractivity contribution in [3.8, 4) is 0 Å². The molecule has 1 heterocycles. The van der Waals surface area contributed by atoms with Gasteiger partial charge in [0.25, 0.3) is 0 Å². The summed E-state index contributed by atoms with van der Waals surface area (Å²) in [5, 5.41) is 0. The van der Waals surface area contributed by atoms with E-state index in [2.05, 4.69) is 0 Å².